The minimum absolute atomic E-state index is 0.334. The molecule has 1 aliphatic rings. The number of aryl methyl sites for hydroxylation is 1. The smallest absolute Gasteiger partial charge is 0.244 e. The van der Waals surface area contributed by atoms with Crippen LogP contribution in [0, 0.1) is 6.92 Å². The van der Waals surface area contributed by atoms with E-state index in [4.69, 9.17) is 9.47 Å². The molecule has 1 aliphatic heterocycles. The molecule has 8 heteroatoms. The molecule has 2 atom stereocenters. The first-order chi connectivity index (χ1) is 16.2. The van der Waals surface area contributed by atoms with Crippen molar-refractivity contribution in [2.45, 2.75) is 25.9 Å². The lowest BCUT2D eigenvalue weighted by molar-refractivity contribution is -0.122. The maximum absolute atomic E-state index is 13.4. The maximum Gasteiger partial charge on any atom is 0.244 e. The second kappa shape index (κ2) is 9.77. The number of fused-ring (bicyclic) bond motifs is 1. The number of amides is 1. The third-order valence-corrected chi connectivity index (χ3v) is 6.94. The van der Waals surface area contributed by atoms with E-state index in [9.17, 15) is 13.2 Å². The number of hydrogen-bond acceptors (Lipinski definition) is 5. The molecule has 0 spiro atoms. The second-order valence-corrected chi connectivity index (χ2v) is 10.2. The molecule has 0 bridgehead atoms. The van der Waals surface area contributed by atoms with Gasteiger partial charge in [0.2, 0.25) is 15.9 Å². The average molecular weight is 481 g/mol. The lowest BCUT2D eigenvalue weighted by Crippen LogP contribution is -2.48. The summed E-state index contributed by atoms with van der Waals surface area (Å²) in [7, 11) is -3.78. The Labute approximate surface area is 200 Å². The van der Waals surface area contributed by atoms with Gasteiger partial charge in [-0.15, -0.1) is 0 Å². The Hall–Kier alpha value is -3.52. The molecular formula is C26H28N2O5S. The van der Waals surface area contributed by atoms with E-state index >= 15 is 0 Å². The lowest BCUT2D eigenvalue weighted by atomic mass is 9.97. The summed E-state index contributed by atoms with van der Waals surface area (Å²) in [6, 6.07) is 20.9. The molecule has 0 fully saturated rings. The number of benzene rings is 3. The quantitative estimate of drug-likeness (QED) is 0.556. The lowest BCUT2D eigenvalue weighted by Gasteiger charge is -2.31. The number of ether oxygens (including phenoxy) is 2. The van der Waals surface area contributed by atoms with Crippen molar-refractivity contribution in [3.63, 3.8) is 0 Å². The summed E-state index contributed by atoms with van der Waals surface area (Å²) in [6.07, 6.45) is 1.09. The van der Waals surface area contributed by atoms with E-state index in [0.717, 1.165) is 27.3 Å². The SMILES string of the molecule is Cc1ccc([C@H](NC(=O)[C@@H](C)N(c2ccc3c(c2)OCCO3)S(C)(=O)=O)c2ccccc2)cc1. The number of carbonyl (C=O) groups is 1. The number of carbonyl (C=O) groups excluding carboxylic acids is 1. The largest absolute Gasteiger partial charge is 0.486 e. The first-order valence-electron chi connectivity index (χ1n) is 11.0. The van der Waals surface area contributed by atoms with E-state index in [1.165, 1.54) is 0 Å². The third kappa shape index (κ3) is 5.17. The molecule has 0 radical (unpaired) electrons. The van der Waals surface area contributed by atoms with Gasteiger partial charge in [-0.1, -0.05) is 60.2 Å². The highest BCUT2D eigenvalue weighted by Crippen LogP contribution is 2.35. The predicted octanol–water partition coefficient (Wildman–Crippen LogP) is 3.83. The molecule has 3 aromatic rings. The van der Waals surface area contributed by atoms with E-state index < -0.39 is 28.0 Å². The van der Waals surface area contributed by atoms with Gasteiger partial charge < -0.3 is 14.8 Å². The fourth-order valence-corrected chi connectivity index (χ4v) is 5.17. The van der Waals surface area contributed by atoms with Crippen LogP contribution in [0.2, 0.25) is 0 Å². The monoisotopic (exact) mass is 480 g/mol. The van der Waals surface area contributed by atoms with Gasteiger partial charge in [0, 0.05) is 6.07 Å². The zero-order chi connectivity index (χ0) is 24.3. The number of rotatable bonds is 7. The van der Waals surface area contributed by atoms with Crippen molar-refractivity contribution in [1.29, 1.82) is 0 Å². The summed E-state index contributed by atoms with van der Waals surface area (Å²) >= 11 is 0. The van der Waals surface area contributed by atoms with E-state index in [-0.39, 0.29) is 0 Å². The van der Waals surface area contributed by atoms with Crippen LogP contribution in [0.3, 0.4) is 0 Å². The topological polar surface area (TPSA) is 84.9 Å². The van der Waals surface area contributed by atoms with Gasteiger partial charge >= 0.3 is 0 Å². The van der Waals surface area contributed by atoms with Gasteiger partial charge in [0.15, 0.2) is 11.5 Å². The Morgan fingerprint density at radius 2 is 1.53 bits per heavy atom. The van der Waals surface area contributed by atoms with Gasteiger partial charge in [0.25, 0.3) is 0 Å². The zero-order valence-corrected chi connectivity index (χ0v) is 20.2. The minimum atomic E-state index is -3.78. The summed E-state index contributed by atoms with van der Waals surface area (Å²) in [4.78, 5) is 13.4. The van der Waals surface area contributed by atoms with Crippen molar-refractivity contribution in [1.82, 2.24) is 5.32 Å². The van der Waals surface area contributed by atoms with E-state index in [2.05, 4.69) is 5.32 Å². The van der Waals surface area contributed by atoms with Gasteiger partial charge in [0.1, 0.15) is 19.3 Å². The molecule has 4 rings (SSSR count). The number of anilines is 1. The highest BCUT2D eigenvalue weighted by atomic mass is 32.2. The fraction of sp³-hybridized carbons (Fsp3) is 0.269. The van der Waals surface area contributed by atoms with Crippen LogP contribution in [0.1, 0.15) is 29.7 Å². The Kier molecular flexibility index (Phi) is 6.79. The molecule has 178 valence electrons. The van der Waals surface area contributed by atoms with E-state index in [1.54, 1.807) is 25.1 Å². The van der Waals surface area contributed by atoms with Crippen LogP contribution in [0.4, 0.5) is 5.69 Å². The first kappa shape index (κ1) is 23.6. The Bertz CT molecular complexity index is 1260. The van der Waals surface area contributed by atoms with E-state index in [1.807, 2.05) is 61.5 Å². The average Bonchev–Trinajstić information content (AvgIpc) is 2.82. The Balaban J connectivity index is 1.65. The van der Waals surface area contributed by atoms with Crippen LogP contribution < -0.4 is 19.1 Å². The highest BCUT2D eigenvalue weighted by molar-refractivity contribution is 7.92. The molecule has 0 saturated carbocycles. The van der Waals surface area contributed by atoms with Crippen molar-refractivity contribution in [3.8, 4) is 11.5 Å². The Morgan fingerprint density at radius 1 is 0.912 bits per heavy atom. The van der Waals surface area contributed by atoms with E-state index in [0.29, 0.717) is 30.4 Å². The normalized spacial score (nSPS) is 14.7. The molecule has 0 aliphatic carbocycles. The Morgan fingerprint density at radius 3 is 2.18 bits per heavy atom. The maximum atomic E-state index is 13.4. The van der Waals surface area contributed by atoms with Gasteiger partial charge in [-0.3, -0.25) is 9.10 Å². The van der Waals surface area contributed by atoms with Crippen molar-refractivity contribution < 1.29 is 22.7 Å². The fourth-order valence-electron chi connectivity index (χ4n) is 4.00. The van der Waals surface area contributed by atoms with Crippen LogP contribution in [-0.2, 0) is 14.8 Å². The minimum Gasteiger partial charge on any atom is -0.486 e. The molecule has 1 amide bonds. The molecule has 0 aromatic heterocycles. The molecule has 7 nitrogen and oxygen atoms in total. The summed E-state index contributed by atoms with van der Waals surface area (Å²) in [6.45, 7) is 4.38. The van der Waals surface area contributed by atoms with Crippen molar-refractivity contribution in [3.05, 3.63) is 89.5 Å². The van der Waals surface area contributed by atoms with Gasteiger partial charge in [-0.05, 0) is 37.1 Å². The molecule has 3 aromatic carbocycles. The summed E-state index contributed by atoms with van der Waals surface area (Å²) in [5.74, 6) is 0.575. The van der Waals surface area contributed by atoms with Crippen LogP contribution in [0.25, 0.3) is 0 Å². The van der Waals surface area contributed by atoms with Crippen molar-refractivity contribution in [2.24, 2.45) is 0 Å². The van der Waals surface area contributed by atoms with Gasteiger partial charge in [0.05, 0.1) is 18.0 Å². The number of hydrogen-bond donors (Lipinski definition) is 1. The van der Waals surface area contributed by atoms with Crippen LogP contribution in [0.15, 0.2) is 72.8 Å². The summed E-state index contributed by atoms with van der Waals surface area (Å²) < 4.78 is 37.8. The predicted molar refractivity (Wildman–Crippen MR) is 132 cm³/mol. The van der Waals surface area contributed by atoms with Crippen LogP contribution in [-0.4, -0.2) is 39.8 Å². The third-order valence-electron chi connectivity index (χ3n) is 5.70. The summed E-state index contributed by atoms with van der Waals surface area (Å²) in [5, 5.41) is 3.05. The van der Waals surface area contributed by atoms with Crippen LogP contribution in [0.5, 0.6) is 11.5 Å². The second-order valence-electron chi connectivity index (χ2n) is 8.33. The molecule has 0 unspecified atom stereocenters. The standard InChI is InChI=1S/C26H28N2O5S/c1-18-9-11-21(12-10-18)25(20-7-5-4-6-8-20)27-26(29)19(2)28(34(3,30)31)22-13-14-23-24(17-22)33-16-15-32-23/h4-14,17,19,25H,15-16H2,1-3H3,(H,27,29)/t19-,25-/m1/s1. The zero-order valence-electron chi connectivity index (χ0n) is 19.4. The number of nitrogens with one attached hydrogen (secondary N) is 1. The van der Waals surface area contributed by atoms with Crippen molar-refractivity contribution >= 4 is 21.6 Å². The molecule has 0 saturated heterocycles. The molecule has 1 heterocycles. The van der Waals surface area contributed by atoms with Crippen molar-refractivity contribution in [2.75, 3.05) is 23.8 Å². The molecule has 1 N–H and O–H groups in total. The molecular weight excluding hydrogens is 452 g/mol. The number of sulfonamides is 1. The van der Waals surface area contributed by atoms with Crippen LogP contribution >= 0.6 is 0 Å². The van der Waals surface area contributed by atoms with Gasteiger partial charge in [-0.25, -0.2) is 8.42 Å². The highest BCUT2D eigenvalue weighted by Gasteiger charge is 2.32. The van der Waals surface area contributed by atoms with Gasteiger partial charge in [-0.2, -0.15) is 0 Å². The first-order valence-corrected chi connectivity index (χ1v) is 12.9. The summed E-state index contributed by atoms with van der Waals surface area (Å²) in [5.41, 5.74) is 3.25. The molecule has 34 heavy (non-hydrogen) atoms. The number of nitrogens with zero attached hydrogens (tertiary/aromatic N) is 1.